The Morgan fingerprint density at radius 1 is 1.03 bits per heavy atom. The molecule has 0 spiro atoms. The van der Waals surface area contributed by atoms with E-state index in [4.69, 9.17) is 9.78 Å². The molecule has 1 heterocycles. The van der Waals surface area contributed by atoms with Crippen LogP contribution in [0.5, 0.6) is 0 Å². The van der Waals surface area contributed by atoms with Gasteiger partial charge in [-0.3, -0.25) is 9.10 Å². The summed E-state index contributed by atoms with van der Waals surface area (Å²) in [5.74, 6) is -0.644. The first-order chi connectivity index (χ1) is 16.3. The van der Waals surface area contributed by atoms with E-state index in [1.54, 1.807) is 12.1 Å². The number of sulfonamides is 1. The third-order valence-electron chi connectivity index (χ3n) is 5.00. The number of benzene rings is 3. The first-order valence-corrected chi connectivity index (χ1v) is 11.3. The quantitative estimate of drug-likeness (QED) is 0.440. The number of hydrogen-bond acceptors (Lipinski definition) is 6. The molecule has 0 unspecified atom stereocenters. The highest BCUT2D eigenvalue weighted by Gasteiger charge is 2.21. The molecule has 4 aromatic rings. The van der Waals surface area contributed by atoms with Crippen molar-refractivity contribution in [3.8, 4) is 17.4 Å². The number of nitrogens with zero attached hydrogens (tertiary/aromatic N) is 3. The average molecular weight is 476 g/mol. The van der Waals surface area contributed by atoms with E-state index in [1.807, 2.05) is 6.07 Å². The van der Waals surface area contributed by atoms with Crippen LogP contribution in [0, 0.1) is 17.1 Å². The number of carbonyl (C=O) groups is 1. The summed E-state index contributed by atoms with van der Waals surface area (Å²) in [6, 6.07) is 20.8. The maximum absolute atomic E-state index is 13.1. The molecule has 0 aliphatic rings. The largest absolute Gasteiger partial charge is 0.355 e. The predicted octanol–water partition coefficient (Wildman–Crippen LogP) is 4.43. The van der Waals surface area contributed by atoms with E-state index in [-0.39, 0.29) is 10.6 Å². The van der Waals surface area contributed by atoms with Gasteiger partial charge < -0.3 is 9.84 Å². The molecule has 34 heavy (non-hydrogen) atoms. The molecule has 1 aromatic heterocycles. The van der Waals surface area contributed by atoms with Crippen molar-refractivity contribution >= 4 is 27.3 Å². The Bertz CT molecular complexity index is 1470. The zero-order valence-electron chi connectivity index (χ0n) is 17.8. The van der Waals surface area contributed by atoms with Gasteiger partial charge in [-0.15, -0.1) is 0 Å². The van der Waals surface area contributed by atoms with Crippen molar-refractivity contribution in [3.05, 3.63) is 95.9 Å². The molecule has 0 atom stereocenters. The number of anilines is 2. The number of rotatable bonds is 6. The van der Waals surface area contributed by atoms with Crippen LogP contribution in [0.4, 0.5) is 15.8 Å². The minimum absolute atomic E-state index is 0.0107. The molecule has 0 aliphatic carbocycles. The molecule has 0 fully saturated rings. The third-order valence-corrected chi connectivity index (χ3v) is 6.80. The van der Waals surface area contributed by atoms with Gasteiger partial charge in [-0.1, -0.05) is 5.16 Å². The van der Waals surface area contributed by atoms with E-state index in [0.717, 1.165) is 4.31 Å². The fourth-order valence-electron chi connectivity index (χ4n) is 3.08. The van der Waals surface area contributed by atoms with Gasteiger partial charge in [-0.25, -0.2) is 12.8 Å². The molecule has 0 saturated carbocycles. The molecule has 0 radical (unpaired) electrons. The molecule has 8 nitrogen and oxygen atoms in total. The number of nitrogens with one attached hydrogen (secondary N) is 1. The van der Waals surface area contributed by atoms with Crippen molar-refractivity contribution in [2.24, 2.45) is 0 Å². The van der Waals surface area contributed by atoms with Gasteiger partial charge in [0.05, 0.1) is 22.2 Å². The zero-order valence-corrected chi connectivity index (χ0v) is 18.6. The summed E-state index contributed by atoms with van der Waals surface area (Å²) in [4.78, 5) is 12.5. The van der Waals surface area contributed by atoms with Crippen LogP contribution in [-0.2, 0) is 10.0 Å². The van der Waals surface area contributed by atoms with Crippen molar-refractivity contribution in [2.45, 2.75) is 4.90 Å². The number of carbonyl (C=O) groups excluding carboxylic acids is 1. The van der Waals surface area contributed by atoms with Crippen molar-refractivity contribution in [1.82, 2.24) is 5.16 Å². The van der Waals surface area contributed by atoms with Gasteiger partial charge in [0, 0.05) is 24.4 Å². The molecule has 170 valence electrons. The molecule has 10 heteroatoms. The molecule has 1 N–H and O–H groups in total. The van der Waals surface area contributed by atoms with Crippen LogP contribution in [0.15, 0.2) is 88.3 Å². The summed E-state index contributed by atoms with van der Waals surface area (Å²) in [5, 5.41) is 15.3. The Kier molecular flexibility index (Phi) is 6.12. The lowest BCUT2D eigenvalue weighted by atomic mass is 10.1. The first kappa shape index (κ1) is 22.7. The van der Waals surface area contributed by atoms with E-state index < -0.39 is 21.7 Å². The molecule has 3 aromatic carbocycles. The Morgan fingerprint density at radius 3 is 2.29 bits per heavy atom. The Hall–Kier alpha value is -4.49. The van der Waals surface area contributed by atoms with Crippen LogP contribution in [-0.4, -0.2) is 26.5 Å². The maximum Gasteiger partial charge on any atom is 0.277 e. The van der Waals surface area contributed by atoms with Crippen molar-refractivity contribution in [1.29, 1.82) is 5.26 Å². The lowest BCUT2D eigenvalue weighted by Crippen LogP contribution is -2.26. The molecular formula is C24H17FN4O4S. The van der Waals surface area contributed by atoms with Crippen LogP contribution in [0.2, 0.25) is 0 Å². The van der Waals surface area contributed by atoms with Gasteiger partial charge >= 0.3 is 0 Å². The van der Waals surface area contributed by atoms with Crippen LogP contribution < -0.4 is 9.62 Å². The third kappa shape index (κ3) is 4.65. The average Bonchev–Trinajstić information content (AvgIpc) is 3.35. The standard InChI is InChI=1S/C24H17FN4O4S/c1-29(20-10-2-16(15-26)3-11-20)34(31,32)21-12-8-19(9-13-21)27-24(30)22-14-23(33-28-22)17-4-6-18(25)7-5-17/h2-14H,1H3,(H,27,30). The van der Waals surface area contributed by atoms with Gasteiger partial charge in [0.25, 0.3) is 15.9 Å². The highest BCUT2D eigenvalue weighted by atomic mass is 32.2. The summed E-state index contributed by atoms with van der Waals surface area (Å²) < 4.78 is 45.2. The second kappa shape index (κ2) is 9.17. The van der Waals surface area contributed by atoms with Crippen LogP contribution >= 0.6 is 0 Å². The van der Waals surface area contributed by atoms with Gasteiger partial charge in [-0.2, -0.15) is 5.26 Å². The van der Waals surface area contributed by atoms with E-state index in [0.29, 0.717) is 28.3 Å². The number of amides is 1. The molecule has 0 bridgehead atoms. The van der Waals surface area contributed by atoms with Gasteiger partial charge in [0.1, 0.15) is 5.82 Å². The smallest absolute Gasteiger partial charge is 0.277 e. The van der Waals surface area contributed by atoms with E-state index in [2.05, 4.69) is 10.5 Å². The van der Waals surface area contributed by atoms with Crippen molar-refractivity contribution < 1.29 is 22.1 Å². The fraction of sp³-hybridized carbons (Fsp3) is 0.0417. The number of aromatic nitrogens is 1. The van der Waals surface area contributed by atoms with Crippen LogP contribution in [0.25, 0.3) is 11.3 Å². The minimum Gasteiger partial charge on any atom is -0.355 e. The summed E-state index contributed by atoms with van der Waals surface area (Å²) in [5.41, 5.74) is 1.76. The Balaban J connectivity index is 1.46. The zero-order chi connectivity index (χ0) is 24.3. The normalized spacial score (nSPS) is 11.0. The van der Waals surface area contributed by atoms with Gasteiger partial charge in [0.15, 0.2) is 11.5 Å². The maximum atomic E-state index is 13.1. The van der Waals surface area contributed by atoms with E-state index >= 15 is 0 Å². The molecule has 0 saturated heterocycles. The summed E-state index contributed by atoms with van der Waals surface area (Å²) in [6.45, 7) is 0. The SMILES string of the molecule is CN(c1ccc(C#N)cc1)S(=O)(=O)c1ccc(NC(=O)c2cc(-c3ccc(F)cc3)on2)cc1. The van der Waals surface area contributed by atoms with E-state index in [9.17, 15) is 17.6 Å². The summed E-state index contributed by atoms with van der Waals surface area (Å²) in [7, 11) is -2.44. The fourth-order valence-corrected chi connectivity index (χ4v) is 4.28. The van der Waals surface area contributed by atoms with Crippen LogP contribution in [0.1, 0.15) is 16.1 Å². The highest BCUT2D eigenvalue weighted by molar-refractivity contribution is 7.92. The molecular weight excluding hydrogens is 459 g/mol. The van der Waals surface area contributed by atoms with E-state index in [1.165, 1.54) is 73.8 Å². The number of nitriles is 1. The first-order valence-electron chi connectivity index (χ1n) is 9.91. The second-order valence-electron chi connectivity index (χ2n) is 7.19. The Morgan fingerprint density at radius 2 is 1.68 bits per heavy atom. The topological polar surface area (TPSA) is 116 Å². The lowest BCUT2D eigenvalue weighted by Gasteiger charge is -2.19. The summed E-state index contributed by atoms with van der Waals surface area (Å²) in [6.07, 6.45) is 0. The van der Waals surface area contributed by atoms with Crippen molar-refractivity contribution in [2.75, 3.05) is 16.7 Å². The lowest BCUT2D eigenvalue weighted by molar-refractivity contribution is 0.101. The molecule has 0 aliphatic heterocycles. The Labute approximate surface area is 194 Å². The number of hydrogen-bond donors (Lipinski definition) is 1. The van der Waals surface area contributed by atoms with Gasteiger partial charge in [-0.05, 0) is 72.8 Å². The van der Waals surface area contributed by atoms with Crippen LogP contribution in [0.3, 0.4) is 0 Å². The second-order valence-corrected chi connectivity index (χ2v) is 9.16. The van der Waals surface area contributed by atoms with Gasteiger partial charge in [0.2, 0.25) is 0 Å². The minimum atomic E-state index is -3.86. The highest BCUT2D eigenvalue weighted by Crippen LogP contribution is 2.24. The molecule has 1 amide bonds. The monoisotopic (exact) mass is 476 g/mol. The molecule has 4 rings (SSSR count). The predicted molar refractivity (Wildman–Crippen MR) is 123 cm³/mol. The van der Waals surface area contributed by atoms with Crippen molar-refractivity contribution in [3.63, 3.8) is 0 Å². The number of halogens is 1. The summed E-state index contributed by atoms with van der Waals surface area (Å²) >= 11 is 0.